The van der Waals surface area contributed by atoms with E-state index >= 15 is 0 Å². The number of halogens is 1. The quantitative estimate of drug-likeness (QED) is 0.677. The van der Waals surface area contributed by atoms with Gasteiger partial charge in [-0.1, -0.05) is 11.6 Å². The molecule has 0 bridgehead atoms. The highest BCUT2D eigenvalue weighted by Gasteiger charge is 2.17. The van der Waals surface area contributed by atoms with Crippen LogP contribution in [0.1, 0.15) is 29.6 Å². The van der Waals surface area contributed by atoms with Crippen LogP contribution < -0.4 is 5.73 Å². The number of esters is 1. The maximum atomic E-state index is 11.8. The molecule has 0 amide bonds. The Bertz CT molecular complexity index is 430. The molecule has 1 aliphatic rings. The van der Waals surface area contributed by atoms with Crippen molar-refractivity contribution in [3.8, 4) is 0 Å². The van der Waals surface area contributed by atoms with Crippen molar-refractivity contribution in [2.75, 3.05) is 18.9 Å². The second kappa shape index (κ2) is 6.07. The van der Waals surface area contributed by atoms with Gasteiger partial charge in [0.25, 0.3) is 0 Å². The van der Waals surface area contributed by atoms with E-state index in [1.807, 2.05) is 0 Å². The van der Waals surface area contributed by atoms with Crippen LogP contribution in [0.25, 0.3) is 0 Å². The first kappa shape index (κ1) is 13.2. The number of carbonyl (C=O) groups excluding carboxylic acids is 1. The second-order valence-corrected chi connectivity index (χ2v) is 4.73. The molecule has 5 heteroatoms. The van der Waals surface area contributed by atoms with Gasteiger partial charge in [0.2, 0.25) is 0 Å². The summed E-state index contributed by atoms with van der Waals surface area (Å²) in [6, 6.07) is 4.71. The van der Waals surface area contributed by atoms with E-state index in [1.54, 1.807) is 12.1 Å². The molecule has 4 nitrogen and oxygen atoms in total. The van der Waals surface area contributed by atoms with Gasteiger partial charge < -0.3 is 15.2 Å². The van der Waals surface area contributed by atoms with Crippen LogP contribution in [0, 0.1) is 0 Å². The molecule has 0 spiro atoms. The minimum Gasteiger partial charge on any atom is -0.459 e. The van der Waals surface area contributed by atoms with Crippen LogP contribution in [-0.4, -0.2) is 25.3 Å². The smallest absolute Gasteiger partial charge is 0.338 e. The molecule has 0 radical (unpaired) electrons. The third kappa shape index (κ3) is 3.37. The number of carbonyl (C=O) groups is 1. The zero-order valence-electron chi connectivity index (χ0n) is 10.0. The summed E-state index contributed by atoms with van der Waals surface area (Å²) in [6.45, 7) is 1.04. The Hall–Kier alpha value is -1.26. The zero-order chi connectivity index (χ0) is 13.0. The van der Waals surface area contributed by atoms with Crippen molar-refractivity contribution in [1.29, 1.82) is 0 Å². The molecular formula is C13H16ClNO3. The van der Waals surface area contributed by atoms with Gasteiger partial charge in [-0.2, -0.15) is 0 Å². The zero-order valence-corrected chi connectivity index (χ0v) is 10.8. The van der Waals surface area contributed by atoms with Crippen molar-refractivity contribution >= 4 is 23.3 Å². The number of anilines is 1. The SMILES string of the molecule is Nc1cc(C(=O)OCC2CCCCO2)ccc1Cl. The fourth-order valence-electron chi connectivity index (χ4n) is 1.86. The van der Waals surface area contributed by atoms with Crippen LogP contribution in [0.2, 0.25) is 5.02 Å². The molecule has 1 aliphatic heterocycles. The summed E-state index contributed by atoms with van der Waals surface area (Å²) >= 11 is 5.79. The third-order valence-electron chi connectivity index (χ3n) is 2.91. The Kier molecular flexibility index (Phi) is 4.44. The van der Waals surface area contributed by atoms with Crippen LogP contribution >= 0.6 is 11.6 Å². The summed E-state index contributed by atoms with van der Waals surface area (Å²) < 4.78 is 10.7. The van der Waals surface area contributed by atoms with Gasteiger partial charge in [-0.25, -0.2) is 4.79 Å². The Morgan fingerprint density at radius 2 is 2.33 bits per heavy atom. The molecule has 1 fully saturated rings. The number of hydrogen-bond acceptors (Lipinski definition) is 4. The molecule has 18 heavy (non-hydrogen) atoms. The van der Waals surface area contributed by atoms with Gasteiger partial charge >= 0.3 is 5.97 Å². The lowest BCUT2D eigenvalue weighted by atomic mass is 10.1. The topological polar surface area (TPSA) is 61.6 Å². The Labute approximate surface area is 111 Å². The first-order valence-corrected chi connectivity index (χ1v) is 6.38. The molecule has 1 heterocycles. The van der Waals surface area contributed by atoms with Crippen molar-refractivity contribution in [2.45, 2.75) is 25.4 Å². The van der Waals surface area contributed by atoms with E-state index in [4.69, 9.17) is 26.8 Å². The van der Waals surface area contributed by atoms with Gasteiger partial charge in [-0.15, -0.1) is 0 Å². The largest absolute Gasteiger partial charge is 0.459 e. The monoisotopic (exact) mass is 269 g/mol. The first-order chi connectivity index (χ1) is 8.66. The molecule has 0 aromatic heterocycles. The van der Waals surface area contributed by atoms with Crippen LogP contribution in [0.5, 0.6) is 0 Å². The van der Waals surface area contributed by atoms with E-state index in [2.05, 4.69) is 0 Å². The molecular weight excluding hydrogens is 254 g/mol. The summed E-state index contributed by atoms with van der Waals surface area (Å²) in [5, 5.41) is 0.433. The van der Waals surface area contributed by atoms with Crippen LogP contribution in [0.3, 0.4) is 0 Å². The van der Waals surface area contributed by atoms with Crippen molar-refractivity contribution in [3.05, 3.63) is 28.8 Å². The fraction of sp³-hybridized carbons (Fsp3) is 0.462. The van der Waals surface area contributed by atoms with E-state index in [0.29, 0.717) is 22.9 Å². The molecule has 2 N–H and O–H groups in total. The fourth-order valence-corrected chi connectivity index (χ4v) is 1.98. The van der Waals surface area contributed by atoms with E-state index in [-0.39, 0.29) is 6.10 Å². The molecule has 1 unspecified atom stereocenters. The first-order valence-electron chi connectivity index (χ1n) is 6.00. The number of benzene rings is 1. The van der Waals surface area contributed by atoms with E-state index in [0.717, 1.165) is 25.9 Å². The molecule has 2 rings (SSSR count). The van der Waals surface area contributed by atoms with E-state index in [9.17, 15) is 4.79 Å². The normalized spacial score (nSPS) is 19.5. The highest BCUT2D eigenvalue weighted by atomic mass is 35.5. The van der Waals surface area contributed by atoms with Crippen molar-refractivity contribution in [3.63, 3.8) is 0 Å². The van der Waals surface area contributed by atoms with Gasteiger partial charge in [-0.05, 0) is 37.5 Å². The van der Waals surface area contributed by atoms with Crippen LogP contribution in [-0.2, 0) is 9.47 Å². The van der Waals surface area contributed by atoms with Crippen molar-refractivity contribution in [2.24, 2.45) is 0 Å². The summed E-state index contributed by atoms with van der Waals surface area (Å²) in [6.07, 6.45) is 3.16. The van der Waals surface area contributed by atoms with Crippen molar-refractivity contribution in [1.82, 2.24) is 0 Å². The summed E-state index contributed by atoms with van der Waals surface area (Å²) in [4.78, 5) is 11.8. The average Bonchev–Trinajstić information content (AvgIpc) is 2.40. The lowest BCUT2D eigenvalue weighted by molar-refractivity contribution is -0.0300. The Balaban J connectivity index is 1.88. The molecule has 1 saturated heterocycles. The molecule has 0 aliphatic carbocycles. The number of nitrogens with two attached hydrogens (primary N) is 1. The van der Waals surface area contributed by atoms with Crippen molar-refractivity contribution < 1.29 is 14.3 Å². The van der Waals surface area contributed by atoms with Gasteiger partial charge in [0.15, 0.2) is 0 Å². The number of ether oxygens (including phenoxy) is 2. The molecule has 1 atom stereocenters. The van der Waals surface area contributed by atoms with Gasteiger partial charge in [0, 0.05) is 6.61 Å². The Morgan fingerprint density at radius 1 is 1.50 bits per heavy atom. The van der Waals surface area contributed by atoms with E-state index in [1.165, 1.54) is 6.07 Å². The maximum Gasteiger partial charge on any atom is 0.338 e. The van der Waals surface area contributed by atoms with Gasteiger partial charge in [0.05, 0.1) is 22.4 Å². The number of hydrogen-bond donors (Lipinski definition) is 1. The number of nitrogen functional groups attached to an aromatic ring is 1. The highest BCUT2D eigenvalue weighted by molar-refractivity contribution is 6.33. The summed E-state index contributed by atoms with van der Waals surface area (Å²) in [7, 11) is 0. The molecule has 1 aromatic rings. The minimum absolute atomic E-state index is 0.0207. The van der Waals surface area contributed by atoms with E-state index < -0.39 is 5.97 Å². The average molecular weight is 270 g/mol. The lowest BCUT2D eigenvalue weighted by Crippen LogP contribution is -2.25. The standard InChI is InChI=1S/C13H16ClNO3/c14-11-5-4-9(7-12(11)15)13(16)18-8-10-3-1-2-6-17-10/h4-5,7,10H,1-3,6,8,15H2. The van der Waals surface area contributed by atoms with Crippen LogP contribution in [0.15, 0.2) is 18.2 Å². The molecule has 1 aromatic carbocycles. The summed E-state index contributed by atoms with van der Waals surface area (Å²) in [5.41, 5.74) is 6.42. The highest BCUT2D eigenvalue weighted by Crippen LogP contribution is 2.20. The minimum atomic E-state index is -0.396. The Morgan fingerprint density at radius 3 is 3.00 bits per heavy atom. The second-order valence-electron chi connectivity index (χ2n) is 4.32. The lowest BCUT2D eigenvalue weighted by Gasteiger charge is -2.22. The predicted molar refractivity (Wildman–Crippen MR) is 69.7 cm³/mol. The van der Waals surface area contributed by atoms with Gasteiger partial charge in [-0.3, -0.25) is 0 Å². The molecule has 0 saturated carbocycles. The third-order valence-corrected chi connectivity index (χ3v) is 3.25. The summed E-state index contributed by atoms with van der Waals surface area (Å²) in [5.74, 6) is -0.396. The number of rotatable bonds is 3. The van der Waals surface area contributed by atoms with Gasteiger partial charge in [0.1, 0.15) is 6.61 Å². The van der Waals surface area contributed by atoms with Crippen LogP contribution in [0.4, 0.5) is 5.69 Å². The molecule has 98 valence electrons. The predicted octanol–water partition coefficient (Wildman–Crippen LogP) is 2.65. The maximum absolute atomic E-state index is 11.8.